The maximum Gasteiger partial charge on any atom is 0.166 e. The van der Waals surface area contributed by atoms with Gasteiger partial charge in [0, 0.05) is 37.1 Å². The number of ketones is 1. The van der Waals surface area contributed by atoms with E-state index in [0.717, 1.165) is 24.0 Å². The smallest absolute Gasteiger partial charge is 0.166 e. The van der Waals surface area contributed by atoms with E-state index in [-0.39, 0.29) is 18.0 Å². The highest BCUT2D eigenvalue weighted by Crippen LogP contribution is 2.32. The zero-order chi connectivity index (χ0) is 13.1. The van der Waals surface area contributed by atoms with Crippen LogP contribution in [0.25, 0.3) is 0 Å². The molecule has 18 heavy (non-hydrogen) atoms. The summed E-state index contributed by atoms with van der Waals surface area (Å²) in [5.41, 5.74) is 1.73. The maximum absolute atomic E-state index is 12.4. The van der Waals surface area contributed by atoms with Gasteiger partial charge in [-0.05, 0) is 24.5 Å². The Balaban J connectivity index is 2.18. The van der Waals surface area contributed by atoms with E-state index in [1.54, 1.807) is 14.2 Å². The van der Waals surface area contributed by atoms with E-state index in [4.69, 9.17) is 21.1 Å². The summed E-state index contributed by atoms with van der Waals surface area (Å²) < 4.78 is 10.3. The Hall–Kier alpha value is -0.900. The van der Waals surface area contributed by atoms with Crippen molar-refractivity contribution >= 4 is 17.4 Å². The molecule has 1 aliphatic carbocycles. The molecule has 98 valence electrons. The number of methoxy groups -OCH3 is 2. The largest absolute Gasteiger partial charge is 0.356 e. The molecule has 0 aromatic heterocycles. The van der Waals surface area contributed by atoms with Crippen molar-refractivity contribution in [2.45, 2.75) is 25.6 Å². The fourth-order valence-corrected chi connectivity index (χ4v) is 2.73. The summed E-state index contributed by atoms with van der Waals surface area (Å²) in [4.78, 5) is 12.4. The van der Waals surface area contributed by atoms with Gasteiger partial charge in [-0.3, -0.25) is 4.79 Å². The van der Waals surface area contributed by atoms with E-state index >= 15 is 0 Å². The second-order valence-corrected chi connectivity index (χ2v) is 4.91. The monoisotopic (exact) mass is 268 g/mol. The van der Waals surface area contributed by atoms with Crippen LogP contribution in [0.4, 0.5) is 0 Å². The van der Waals surface area contributed by atoms with Gasteiger partial charge >= 0.3 is 0 Å². The molecule has 1 aromatic rings. The quantitative estimate of drug-likeness (QED) is 0.787. The summed E-state index contributed by atoms with van der Waals surface area (Å²) in [7, 11) is 3.18. The third kappa shape index (κ3) is 2.58. The van der Waals surface area contributed by atoms with Gasteiger partial charge in [-0.25, -0.2) is 0 Å². The number of Topliss-reactive ketones (excluding diaryl/α,β-unsaturated/α-hetero) is 1. The van der Waals surface area contributed by atoms with Crippen LogP contribution in [0.1, 0.15) is 28.8 Å². The van der Waals surface area contributed by atoms with Gasteiger partial charge in [-0.1, -0.05) is 23.7 Å². The molecule has 0 radical (unpaired) electrons. The topological polar surface area (TPSA) is 35.5 Å². The van der Waals surface area contributed by atoms with Crippen molar-refractivity contribution in [3.05, 3.63) is 34.3 Å². The van der Waals surface area contributed by atoms with Crippen LogP contribution < -0.4 is 0 Å². The molecule has 0 saturated carbocycles. The molecule has 0 spiro atoms. The van der Waals surface area contributed by atoms with Gasteiger partial charge < -0.3 is 9.47 Å². The van der Waals surface area contributed by atoms with Crippen molar-refractivity contribution in [2.75, 3.05) is 14.2 Å². The lowest BCUT2D eigenvalue weighted by Gasteiger charge is -2.26. The predicted molar refractivity (Wildman–Crippen MR) is 70.0 cm³/mol. The molecular formula is C14H17ClO3. The fraction of sp³-hybridized carbons (Fsp3) is 0.500. The highest BCUT2D eigenvalue weighted by Gasteiger charge is 2.30. The third-order valence-corrected chi connectivity index (χ3v) is 3.85. The average Bonchev–Trinajstić information content (AvgIpc) is 2.39. The molecule has 1 aromatic carbocycles. The predicted octanol–water partition coefficient (Wildman–Crippen LogP) is 3.09. The highest BCUT2D eigenvalue weighted by atomic mass is 35.5. The van der Waals surface area contributed by atoms with E-state index in [0.29, 0.717) is 11.4 Å². The van der Waals surface area contributed by atoms with Crippen LogP contribution in [0.15, 0.2) is 18.2 Å². The second-order valence-electron chi connectivity index (χ2n) is 4.50. The lowest BCUT2D eigenvalue weighted by atomic mass is 9.81. The highest BCUT2D eigenvalue weighted by molar-refractivity contribution is 6.32. The van der Waals surface area contributed by atoms with Crippen molar-refractivity contribution in [1.82, 2.24) is 0 Å². The number of carbonyl (C=O) groups is 1. The number of hydrogen-bond donors (Lipinski definition) is 0. The Morgan fingerprint density at radius 1 is 1.39 bits per heavy atom. The molecule has 0 heterocycles. The van der Waals surface area contributed by atoms with E-state index in [9.17, 15) is 4.79 Å². The Morgan fingerprint density at radius 3 is 2.78 bits per heavy atom. The van der Waals surface area contributed by atoms with Crippen LogP contribution in [-0.4, -0.2) is 26.3 Å². The Labute approximate surface area is 112 Å². The van der Waals surface area contributed by atoms with Crippen molar-refractivity contribution in [3.63, 3.8) is 0 Å². The number of hydrogen-bond acceptors (Lipinski definition) is 3. The number of ether oxygens (including phenoxy) is 2. The maximum atomic E-state index is 12.4. The summed E-state index contributed by atoms with van der Waals surface area (Å²) in [6.45, 7) is 0. The SMILES string of the molecule is COC(CC1CCc2c(Cl)cccc2C1=O)OC. The number of carbonyl (C=O) groups excluding carboxylic acids is 1. The molecule has 0 aliphatic heterocycles. The third-order valence-electron chi connectivity index (χ3n) is 3.50. The van der Waals surface area contributed by atoms with Crippen molar-refractivity contribution in [1.29, 1.82) is 0 Å². The normalized spacial score (nSPS) is 19.1. The molecule has 1 aliphatic rings. The van der Waals surface area contributed by atoms with Crippen LogP contribution >= 0.6 is 11.6 Å². The minimum Gasteiger partial charge on any atom is -0.356 e. The first-order chi connectivity index (χ1) is 8.67. The van der Waals surface area contributed by atoms with Crippen molar-refractivity contribution < 1.29 is 14.3 Å². The molecule has 1 atom stereocenters. The molecule has 4 heteroatoms. The molecular weight excluding hydrogens is 252 g/mol. The standard InChI is InChI=1S/C14H17ClO3/c1-17-13(18-2)8-9-6-7-10-11(14(9)16)4-3-5-12(10)15/h3-5,9,13H,6-8H2,1-2H3. The number of rotatable bonds is 4. The first kappa shape index (κ1) is 13.5. The minimum absolute atomic E-state index is 0.0409. The second kappa shape index (κ2) is 5.83. The molecule has 0 saturated heterocycles. The van der Waals surface area contributed by atoms with Gasteiger partial charge in [-0.2, -0.15) is 0 Å². The molecule has 0 bridgehead atoms. The van der Waals surface area contributed by atoms with Crippen LogP contribution in [0.3, 0.4) is 0 Å². The zero-order valence-electron chi connectivity index (χ0n) is 10.6. The molecule has 3 nitrogen and oxygen atoms in total. The van der Waals surface area contributed by atoms with E-state index in [2.05, 4.69) is 0 Å². The van der Waals surface area contributed by atoms with Gasteiger partial charge in [0.15, 0.2) is 12.1 Å². The van der Waals surface area contributed by atoms with E-state index < -0.39 is 0 Å². The lowest BCUT2D eigenvalue weighted by molar-refractivity contribution is -0.112. The Bertz CT molecular complexity index is 441. The Morgan fingerprint density at radius 2 is 2.11 bits per heavy atom. The summed E-state index contributed by atoms with van der Waals surface area (Å²) in [5, 5.41) is 0.689. The molecule has 0 fully saturated rings. The van der Waals surface area contributed by atoms with Gasteiger partial charge in [0.2, 0.25) is 0 Å². The number of fused-ring (bicyclic) bond motifs is 1. The summed E-state index contributed by atoms with van der Waals surface area (Å²) >= 11 is 6.11. The van der Waals surface area contributed by atoms with Crippen molar-refractivity contribution in [2.24, 2.45) is 5.92 Å². The first-order valence-corrected chi connectivity index (χ1v) is 6.42. The van der Waals surface area contributed by atoms with Gasteiger partial charge in [-0.15, -0.1) is 0 Å². The molecule has 2 rings (SSSR count). The minimum atomic E-state index is -0.320. The lowest BCUT2D eigenvalue weighted by Crippen LogP contribution is -2.28. The first-order valence-electron chi connectivity index (χ1n) is 6.04. The van der Waals surface area contributed by atoms with Crippen LogP contribution in [0.5, 0.6) is 0 Å². The van der Waals surface area contributed by atoms with Crippen LogP contribution in [0.2, 0.25) is 5.02 Å². The van der Waals surface area contributed by atoms with Crippen LogP contribution in [-0.2, 0) is 15.9 Å². The number of benzene rings is 1. The number of halogens is 1. The fourth-order valence-electron chi connectivity index (χ4n) is 2.46. The van der Waals surface area contributed by atoms with E-state index in [1.165, 1.54) is 0 Å². The average molecular weight is 269 g/mol. The summed E-state index contributed by atoms with van der Waals surface area (Å²) in [5.74, 6) is 0.110. The van der Waals surface area contributed by atoms with Crippen LogP contribution in [0, 0.1) is 5.92 Å². The van der Waals surface area contributed by atoms with Gasteiger partial charge in [0.1, 0.15) is 0 Å². The van der Waals surface area contributed by atoms with Gasteiger partial charge in [0.05, 0.1) is 0 Å². The summed E-state index contributed by atoms with van der Waals surface area (Å²) in [6.07, 6.45) is 1.92. The molecule has 1 unspecified atom stereocenters. The molecule has 0 N–H and O–H groups in total. The molecule has 0 amide bonds. The Kier molecular flexibility index (Phi) is 4.38. The van der Waals surface area contributed by atoms with Crippen molar-refractivity contribution in [3.8, 4) is 0 Å². The van der Waals surface area contributed by atoms with Gasteiger partial charge in [0.25, 0.3) is 0 Å². The van der Waals surface area contributed by atoms with E-state index in [1.807, 2.05) is 18.2 Å². The summed E-state index contributed by atoms with van der Waals surface area (Å²) in [6, 6.07) is 5.51. The zero-order valence-corrected chi connectivity index (χ0v) is 11.4.